The van der Waals surface area contributed by atoms with Gasteiger partial charge in [0.1, 0.15) is 0 Å². The fourth-order valence-electron chi connectivity index (χ4n) is 2.63. The van der Waals surface area contributed by atoms with Gasteiger partial charge in [0.2, 0.25) is 10.0 Å². The molecule has 1 fully saturated rings. The van der Waals surface area contributed by atoms with E-state index in [1.165, 1.54) is 5.56 Å². The first kappa shape index (κ1) is 16.5. The molecule has 1 saturated heterocycles. The average Bonchev–Trinajstić information content (AvgIpc) is 2.49. The first-order chi connectivity index (χ1) is 9.92. The number of benzene rings is 1. The molecule has 0 amide bonds. The van der Waals surface area contributed by atoms with Crippen LogP contribution in [0, 0.1) is 0 Å². The van der Waals surface area contributed by atoms with Gasteiger partial charge in [0, 0.05) is 6.04 Å². The number of piperidine rings is 1. The highest BCUT2D eigenvalue weighted by Crippen LogP contribution is 2.21. The summed E-state index contributed by atoms with van der Waals surface area (Å²) in [4.78, 5) is 2.60. The van der Waals surface area contributed by atoms with Crippen LogP contribution in [0.5, 0.6) is 0 Å². The Morgan fingerprint density at radius 1 is 1.24 bits per heavy atom. The van der Waals surface area contributed by atoms with E-state index in [4.69, 9.17) is 0 Å². The number of sulfonamides is 1. The molecule has 1 aliphatic heterocycles. The minimum absolute atomic E-state index is 0.0560. The molecule has 1 aliphatic rings. The third-order valence-electron chi connectivity index (χ3n) is 4.41. The topological polar surface area (TPSA) is 49.4 Å². The van der Waals surface area contributed by atoms with E-state index in [-0.39, 0.29) is 6.04 Å². The molecule has 0 bridgehead atoms. The smallest absolute Gasteiger partial charge is 0.240 e. The minimum atomic E-state index is -3.40. The summed E-state index contributed by atoms with van der Waals surface area (Å²) in [6, 6.07) is 7.35. The molecule has 4 nitrogen and oxygen atoms in total. The van der Waals surface area contributed by atoms with Crippen molar-refractivity contribution in [1.82, 2.24) is 9.62 Å². The van der Waals surface area contributed by atoms with E-state index in [1.54, 1.807) is 12.1 Å². The van der Waals surface area contributed by atoms with Crippen LogP contribution in [0.1, 0.15) is 44.6 Å². The molecule has 0 aromatic heterocycles. The zero-order valence-electron chi connectivity index (χ0n) is 13.2. The predicted molar refractivity (Wildman–Crippen MR) is 86.0 cm³/mol. The normalized spacial score (nSPS) is 19.6. The third-order valence-corrected chi connectivity index (χ3v) is 5.95. The van der Waals surface area contributed by atoms with Crippen LogP contribution >= 0.6 is 0 Å². The van der Waals surface area contributed by atoms with Gasteiger partial charge in [0.15, 0.2) is 0 Å². The Bertz CT molecular complexity index is 546. The summed E-state index contributed by atoms with van der Waals surface area (Å²) >= 11 is 0. The molecule has 0 spiro atoms. The standard InChI is InChI=1S/C16H26N2O2S/c1-4-13(2)14-5-7-16(8-6-14)21(19,20)17-15-9-11-18(3)12-10-15/h5-8,13,15,17H,4,9-12H2,1-3H3. The van der Waals surface area contributed by atoms with E-state index in [0.717, 1.165) is 32.4 Å². The van der Waals surface area contributed by atoms with Gasteiger partial charge in [-0.25, -0.2) is 13.1 Å². The van der Waals surface area contributed by atoms with Gasteiger partial charge >= 0.3 is 0 Å². The van der Waals surface area contributed by atoms with Crippen molar-refractivity contribution in [3.8, 4) is 0 Å². The van der Waals surface area contributed by atoms with Gasteiger partial charge in [-0.15, -0.1) is 0 Å². The van der Waals surface area contributed by atoms with Gasteiger partial charge in [0.25, 0.3) is 0 Å². The van der Waals surface area contributed by atoms with Gasteiger partial charge in [-0.1, -0.05) is 26.0 Å². The lowest BCUT2D eigenvalue weighted by atomic mass is 9.99. The molecule has 1 aromatic carbocycles. The monoisotopic (exact) mass is 310 g/mol. The molecule has 118 valence electrons. The van der Waals surface area contributed by atoms with Crippen molar-refractivity contribution >= 4 is 10.0 Å². The lowest BCUT2D eigenvalue weighted by Gasteiger charge is -2.29. The quantitative estimate of drug-likeness (QED) is 0.909. The second-order valence-corrected chi connectivity index (χ2v) is 7.79. The molecule has 0 aliphatic carbocycles. The maximum absolute atomic E-state index is 12.4. The molecule has 1 N–H and O–H groups in total. The highest BCUT2D eigenvalue weighted by molar-refractivity contribution is 7.89. The Morgan fingerprint density at radius 3 is 2.33 bits per heavy atom. The summed E-state index contributed by atoms with van der Waals surface area (Å²) in [5.74, 6) is 0.462. The number of nitrogens with zero attached hydrogens (tertiary/aromatic N) is 1. The lowest BCUT2D eigenvalue weighted by Crippen LogP contribution is -2.43. The molecule has 0 radical (unpaired) electrons. The number of likely N-dealkylation sites (tertiary alicyclic amines) is 1. The largest absolute Gasteiger partial charge is 0.306 e. The molecular weight excluding hydrogens is 284 g/mol. The molecule has 5 heteroatoms. The van der Waals surface area contributed by atoms with Crippen molar-refractivity contribution in [3.63, 3.8) is 0 Å². The number of hydrogen-bond donors (Lipinski definition) is 1. The van der Waals surface area contributed by atoms with E-state index in [2.05, 4.69) is 30.5 Å². The molecule has 1 heterocycles. The van der Waals surface area contributed by atoms with Crippen LogP contribution < -0.4 is 4.72 Å². The van der Waals surface area contributed by atoms with Crippen LogP contribution in [0.15, 0.2) is 29.2 Å². The first-order valence-electron chi connectivity index (χ1n) is 7.73. The van der Waals surface area contributed by atoms with E-state index < -0.39 is 10.0 Å². The molecular formula is C16H26N2O2S. The van der Waals surface area contributed by atoms with Crippen LogP contribution in [0.4, 0.5) is 0 Å². The Hall–Kier alpha value is -0.910. The minimum Gasteiger partial charge on any atom is -0.306 e. The highest BCUT2D eigenvalue weighted by atomic mass is 32.2. The van der Waals surface area contributed by atoms with Crippen molar-refractivity contribution in [3.05, 3.63) is 29.8 Å². The Morgan fingerprint density at radius 2 is 1.81 bits per heavy atom. The van der Waals surface area contributed by atoms with E-state index >= 15 is 0 Å². The van der Waals surface area contributed by atoms with Crippen molar-refractivity contribution in [2.24, 2.45) is 0 Å². The summed E-state index contributed by atoms with van der Waals surface area (Å²) < 4.78 is 27.7. The zero-order chi connectivity index (χ0) is 15.5. The van der Waals surface area contributed by atoms with E-state index in [9.17, 15) is 8.42 Å². The van der Waals surface area contributed by atoms with Gasteiger partial charge < -0.3 is 4.90 Å². The van der Waals surface area contributed by atoms with E-state index in [0.29, 0.717) is 10.8 Å². The summed E-state index contributed by atoms with van der Waals surface area (Å²) in [7, 11) is -1.33. The Balaban J connectivity index is 2.05. The summed E-state index contributed by atoms with van der Waals surface area (Å²) in [5, 5.41) is 0. The zero-order valence-corrected chi connectivity index (χ0v) is 14.0. The maximum Gasteiger partial charge on any atom is 0.240 e. The highest BCUT2D eigenvalue weighted by Gasteiger charge is 2.23. The van der Waals surface area contributed by atoms with Crippen molar-refractivity contribution in [1.29, 1.82) is 0 Å². The molecule has 21 heavy (non-hydrogen) atoms. The Kier molecular flexibility index (Phi) is 5.41. The second kappa shape index (κ2) is 6.90. The van der Waals surface area contributed by atoms with Crippen LogP contribution in [-0.4, -0.2) is 39.5 Å². The van der Waals surface area contributed by atoms with Crippen LogP contribution in [0.25, 0.3) is 0 Å². The van der Waals surface area contributed by atoms with Gasteiger partial charge in [-0.05, 0) is 63.0 Å². The predicted octanol–water partition coefficient (Wildman–Crippen LogP) is 2.57. The molecule has 2 rings (SSSR count). The molecule has 1 unspecified atom stereocenters. The van der Waals surface area contributed by atoms with Crippen molar-refractivity contribution < 1.29 is 8.42 Å². The summed E-state index contributed by atoms with van der Waals surface area (Å²) in [5.41, 5.74) is 1.19. The third kappa shape index (κ3) is 4.28. The van der Waals surface area contributed by atoms with Crippen LogP contribution in [0.2, 0.25) is 0 Å². The van der Waals surface area contributed by atoms with Crippen LogP contribution in [0.3, 0.4) is 0 Å². The fourth-order valence-corrected chi connectivity index (χ4v) is 3.93. The summed E-state index contributed by atoms with van der Waals surface area (Å²) in [6.45, 7) is 6.18. The molecule has 1 aromatic rings. The number of hydrogen-bond acceptors (Lipinski definition) is 3. The maximum atomic E-state index is 12.4. The van der Waals surface area contributed by atoms with Crippen molar-refractivity contribution in [2.45, 2.75) is 50.0 Å². The number of nitrogens with one attached hydrogen (secondary N) is 1. The summed E-state index contributed by atoms with van der Waals surface area (Å²) in [6.07, 6.45) is 2.81. The van der Waals surface area contributed by atoms with E-state index in [1.807, 2.05) is 12.1 Å². The van der Waals surface area contributed by atoms with Gasteiger partial charge in [-0.3, -0.25) is 0 Å². The van der Waals surface area contributed by atoms with Crippen molar-refractivity contribution in [2.75, 3.05) is 20.1 Å². The average molecular weight is 310 g/mol. The Labute approximate surface area is 128 Å². The SMILES string of the molecule is CCC(C)c1ccc(S(=O)(=O)NC2CCN(C)CC2)cc1. The van der Waals surface area contributed by atoms with Gasteiger partial charge in [0.05, 0.1) is 4.90 Å². The lowest BCUT2D eigenvalue weighted by molar-refractivity contribution is 0.248. The fraction of sp³-hybridized carbons (Fsp3) is 0.625. The van der Waals surface area contributed by atoms with Crippen LogP contribution in [-0.2, 0) is 10.0 Å². The number of rotatable bonds is 5. The first-order valence-corrected chi connectivity index (χ1v) is 9.21. The molecule has 1 atom stereocenters. The molecule has 0 saturated carbocycles. The second-order valence-electron chi connectivity index (χ2n) is 6.08. The van der Waals surface area contributed by atoms with Gasteiger partial charge in [-0.2, -0.15) is 0 Å².